The molecule has 1 aliphatic rings. The number of carbonyl (C=O) groups excluding carboxylic acids is 2. The lowest BCUT2D eigenvalue weighted by atomic mass is 10.0. The second kappa shape index (κ2) is 6.59. The molecule has 0 saturated carbocycles. The van der Waals surface area contributed by atoms with Gasteiger partial charge in [0.2, 0.25) is 11.8 Å². The van der Waals surface area contributed by atoms with Crippen molar-refractivity contribution in [3.05, 3.63) is 0 Å². The highest BCUT2D eigenvalue weighted by Gasteiger charge is 2.25. The van der Waals surface area contributed by atoms with Gasteiger partial charge in [-0.3, -0.25) is 9.59 Å². The zero-order valence-electron chi connectivity index (χ0n) is 11.0. The van der Waals surface area contributed by atoms with Crippen LogP contribution in [0.4, 0.5) is 0 Å². The standard InChI is InChI=1S/C12H23N3O2/c1-9(11(16)13-2)8-15(3)12(17)10-6-4-5-7-14-10/h9-10,14H,4-8H2,1-3H3,(H,13,16)/t9?,10-/m1/s1. The molecule has 2 N–H and O–H groups in total. The Balaban J connectivity index is 2.43. The van der Waals surface area contributed by atoms with Crippen molar-refractivity contribution < 1.29 is 9.59 Å². The van der Waals surface area contributed by atoms with E-state index in [9.17, 15) is 9.59 Å². The molecule has 1 rings (SSSR count). The third kappa shape index (κ3) is 4.00. The molecule has 1 aliphatic heterocycles. The van der Waals surface area contributed by atoms with Crippen molar-refractivity contribution in [2.75, 3.05) is 27.2 Å². The number of amides is 2. The molecular weight excluding hydrogens is 218 g/mol. The molecule has 0 aromatic heterocycles. The van der Waals surface area contributed by atoms with Gasteiger partial charge in [0.15, 0.2) is 0 Å². The predicted octanol–water partition coefficient (Wildman–Crippen LogP) is -0.0310. The topological polar surface area (TPSA) is 61.4 Å². The van der Waals surface area contributed by atoms with Gasteiger partial charge in [0.1, 0.15) is 0 Å². The van der Waals surface area contributed by atoms with Gasteiger partial charge in [0.25, 0.3) is 0 Å². The SMILES string of the molecule is CNC(=O)C(C)CN(C)C(=O)[C@H]1CCCCN1. The maximum Gasteiger partial charge on any atom is 0.239 e. The molecule has 2 atom stereocenters. The molecule has 1 heterocycles. The molecule has 98 valence electrons. The lowest BCUT2D eigenvalue weighted by Crippen LogP contribution is -2.49. The first-order valence-electron chi connectivity index (χ1n) is 6.26. The number of nitrogens with zero attached hydrogens (tertiary/aromatic N) is 1. The van der Waals surface area contributed by atoms with Gasteiger partial charge in [-0.05, 0) is 19.4 Å². The van der Waals surface area contributed by atoms with Crippen LogP contribution in [-0.2, 0) is 9.59 Å². The van der Waals surface area contributed by atoms with Gasteiger partial charge in [0.05, 0.1) is 12.0 Å². The average Bonchev–Trinajstić information content (AvgIpc) is 2.37. The highest BCUT2D eigenvalue weighted by molar-refractivity contribution is 5.83. The maximum absolute atomic E-state index is 12.1. The molecule has 0 spiro atoms. The number of carbonyl (C=O) groups is 2. The fourth-order valence-electron chi connectivity index (χ4n) is 2.16. The minimum Gasteiger partial charge on any atom is -0.359 e. The number of rotatable bonds is 4. The predicted molar refractivity (Wildman–Crippen MR) is 66.5 cm³/mol. The van der Waals surface area contributed by atoms with Crippen molar-refractivity contribution in [1.29, 1.82) is 0 Å². The van der Waals surface area contributed by atoms with E-state index in [0.29, 0.717) is 6.54 Å². The Labute approximate surface area is 103 Å². The first-order chi connectivity index (χ1) is 8.06. The summed E-state index contributed by atoms with van der Waals surface area (Å²) in [4.78, 5) is 25.1. The minimum absolute atomic E-state index is 0.0266. The Hall–Kier alpha value is -1.10. The van der Waals surface area contributed by atoms with E-state index in [0.717, 1.165) is 25.8 Å². The van der Waals surface area contributed by atoms with Gasteiger partial charge in [-0.15, -0.1) is 0 Å². The van der Waals surface area contributed by atoms with Crippen LogP contribution in [0.25, 0.3) is 0 Å². The summed E-state index contributed by atoms with van der Waals surface area (Å²) in [5.41, 5.74) is 0. The molecule has 0 aliphatic carbocycles. The van der Waals surface area contributed by atoms with Crippen molar-refractivity contribution in [3.8, 4) is 0 Å². The van der Waals surface area contributed by atoms with Crippen LogP contribution >= 0.6 is 0 Å². The number of piperidine rings is 1. The summed E-state index contributed by atoms with van der Waals surface area (Å²) >= 11 is 0. The molecule has 1 fully saturated rings. The summed E-state index contributed by atoms with van der Waals surface area (Å²) in [7, 11) is 3.38. The second-order valence-electron chi connectivity index (χ2n) is 4.74. The van der Waals surface area contributed by atoms with Crippen molar-refractivity contribution in [3.63, 3.8) is 0 Å². The Morgan fingerprint density at radius 3 is 2.71 bits per heavy atom. The zero-order chi connectivity index (χ0) is 12.8. The van der Waals surface area contributed by atoms with E-state index in [1.165, 1.54) is 0 Å². The van der Waals surface area contributed by atoms with Gasteiger partial charge in [0, 0.05) is 20.6 Å². The largest absolute Gasteiger partial charge is 0.359 e. The molecule has 17 heavy (non-hydrogen) atoms. The van der Waals surface area contributed by atoms with Crippen LogP contribution in [0.15, 0.2) is 0 Å². The highest BCUT2D eigenvalue weighted by Crippen LogP contribution is 2.10. The number of hydrogen-bond donors (Lipinski definition) is 2. The summed E-state index contributed by atoms with van der Waals surface area (Å²) < 4.78 is 0. The Bertz CT molecular complexity index is 275. The fourth-order valence-corrected chi connectivity index (χ4v) is 2.16. The Morgan fingerprint density at radius 1 is 1.47 bits per heavy atom. The van der Waals surface area contributed by atoms with E-state index < -0.39 is 0 Å². The molecule has 0 radical (unpaired) electrons. The molecule has 1 unspecified atom stereocenters. The van der Waals surface area contributed by atoms with Gasteiger partial charge in [-0.1, -0.05) is 13.3 Å². The summed E-state index contributed by atoms with van der Waals surface area (Å²) in [5, 5.41) is 5.82. The van der Waals surface area contributed by atoms with Crippen LogP contribution in [0.1, 0.15) is 26.2 Å². The van der Waals surface area contributed by atoms with Crippen molar-refractivity contribution >= 4 is 11.8 Å². The van der Waals surface area contributed by atoms with Crippen molar-refractivity contribution in [2.45, 2.75) is 32.2 Å². The van der Waals surface area contributed by atoms with Crippen LogP contribution in [0.3, 0.4) is 0 Å². The van der Waals surface area contributed by atoms with Gasteiger partial charge < -0.3 is 15.5 Å². The van der Waals surface area contributed by atoms with E-state index in [2.05, 4.69) is 10.6 Å². The summed E-state index contributed by atoms with van der Waals surface area (Å²) in [5.74, 6) is -0.0979. The van der Waals surface area contributed by atoms with E-state index in [1.807, 2.05) is 6.92 Å². The van der Waals surface area contributed by atoms with Gasteiger partial charge >= 0.3 is 0 Å². The maximum atomic E-state index is 12.1. The van der Waals surface area contributed by atoms with Crippen LogP contribution in [0.2, 0.25) is 0 Å². The number of likely N-dealkylation sites (N-methyl/N-ethyl adjacent to an activating group) is 1. The average molecular weight is 241 g/mol. The van der Waals surface area contributed by atoms with Crippen LogP contribution in [0, 0.1) is 5.92 Å². The van der Waals surface area contributed by atoms with Crippen molar-refractivity contribution in [1.82, 2.24) is 15.5 Å². The van der Waals surface area contributed by atoms with Gasteiger partial charge in [-0.2, -0.15) is 0 Å². The van der Waals surface area contributed by atoms with E-state index in [-0.39, 0.29) is 23.8 Å². The lowest BCUT2D eigenvalue weighted by molar-refractivity contribution is -0.134. The fraction of sp³-hybridized carbons (Fsp3) is 0.833. The van der Waals surface area contributed by atoms with E-state index in [4.69, 9.17) is 0 Å². The Morgan fingerprint density at radius 2 is 2.18 bits per heavy atom. The van der Waals surface area contributed by atoms with Crippen LogP contribution in [-0.4, -0.2) is 49.9 Å². The molecule has 2 amide bonds. The summed E-state index contributed by atoms with van der Waals surface area (Å²) in [6.07, 6.45) is 3.14. The van der Waals surface area contributed by atoms with Crippen LogP contribution < -0.4 is 10.6 Å². The molecular formula is C12H23N3O2. The third-order valence-corrected chi connectivity index (χ3v) is 3.23. The molecule has 5 nitrogen and oxygen atoms in total. The van der Waals surface area contributed by atoms with Crippen LogP contribution in [0.5, 0.6) is 0 Å². The number of nitrogens with one attached hydrogen (secondary N) is 2. The van der Waals surface area contributed by atoms with Crippen molar-refractivity contribution in [2.24, 2.45) is 5.92 Å². The van der Waals surface area contributed by atoms with E-state index >= 15 is 0 Å². The van der Waals surface area contributed by atoms with E-state index in [1.54, 1.807) is 19.0 Å². The monoisotopic (exact) mass is 241 g/mol. The smallest absolute Gasteiger partial charge is 0.239 e. The summed E-state index contributed by atoms with van der Waals surface area (Å²) in [6.45, 7) is 3.21. The molecule has 1 saturated heterocycles. The first kappa shape index (κ1) is 14.0. The Kier molecular flexibility index (Phi) is 5.41. The third-order valence-electron chi connectivity index (χ3n) is 3.23. The molecule has 5 heteroatoms. The lowest BCUT2D eigenvalue weighted by Gasteiger charge is -2.28. The first-order valence-corrected chi connectivity index (χ1v) is 6.26. The molecule has 0 aromatic carbocycles. The quantitative estimate of drug-likeness (QED) is 0.726. The summed E-state index contributed by atoms with van der Waals surface area (Å²) in [6, 6.07) is -0.0642. The highest BCUT2D eigenvalue weighted by atomic mass is 16.2. The van der Waals surface area contributed by atoms with Gasteiger partial charge in [-0.25, -0.2) is 0 Å². The second-order valence-corrected chi connectivity index (χ2v) is 4.74. The number of hydrogen-bond acceptors (Lipinski definition) is 3. The normalized spacial score (nSPS) is 21.7. The molecule has 0 aromatic rings. The molecule has 0 bridgehead atoms. The minimum atomic E-state index is -0.169. The zero-order valence-corrected chi connectivity index (χ0v) is 11.0.